The summed E-state index contributed by atoms with van der Waals surface area (Å²) >= 11 is 0. The Bertz CT molecular complexity index is 438. The first-order valence-corrected chi connectivity index (χ1v) is 6.93. The predicted molar refractivity (Wildman–Crippen MR) is 71.5 cm³/mol. The van der Waals surface area contributed by atoms with E-state index in [2.05, 4.69) is 22.8 Å². The van der Waals surface area contributed by atoms with Crippen LogP contribution in [0.4, 0.5) is 0 Å². The van der Waals surface area contributed by atoms with Gasteiger partial charge in [-0.1, -0.05) is 24.3 Å². The zero-order chi connectivity index (χ0) is 12.4. The lowest BCUT2D eigenvalue weighted by Gasteiger charge is -2.29. The molecule has 18 heavy (non-hydrogen) atoms. The van der Waals surface area contributed by atoms with Crippen molar-refractivity contribution in [1.82, 2.24) is 10.6 Å². The van der Waals surface area contributed by atoms with Gasteiger partial charge in [0.1, 0.15) is 0 Å². The van der Waals surface area contributed by atoms with Crippen molar-refractivity contribution in [1.29, 1.82) is 0 Å². The number of hydrogen-bond donors (Lipinski definition) is 2. The van der Waals surface area contributed by atoms with Gasteiger partial charge in [-0.05, 0) is 43.4 Å². The van der Waals surface area contributed by atoms with E-state index in [0.717, 1.165) is 25.9 Å². The Morgan fingerprint density at radius 2 is 2.28 bits per heavy atom. The number of fused-ring (bicyclic) bond motifs is 1. The monoisotopic (exact) mass is 244 g/mol. The van der Waals surface area contributed by atoms with Crippen LogP contribution in [0.3, 0.4) is 0 Å². The van der Waals surface area contributed by atoms with Crippen LogP contribution in [0.25, 0.3) is 0 Å². The maximum Gasteiger partial charge on any atom is 0.227 e. The maximum atomic E-state index is 12.0. The number of carbonyl (C=O) groups is 1. The Labute approximate surface area is 108 Å². The van der Waals surface area contributed by atoms with Gasteiger partial charge < -0.3 is 10.6 Å². The third-order valence-corrected chi connectivity index (χ3v) is 4.13. The molecule has 96 valence electrons. The second-order valence-corrected chi connectivity index (χ2v) is 5.33. The third-order valence-electron chi connectivity index (χ3n) is 4.13. The average Bonchev–Trinajstić information content (AvgIpc) is 2.84. The van der Waals surface area contributed by atoms with Crippen LogP contribution in [0.5, 0.6) is 0 Å². The molecule has 3 nitrogen and oxygen atoms in total. The molecule has 1 amide bonds. The molecule has 0 spiro atoms. The van der Waals surface area contributed by atoms with Gasteiger partial charge >= 0.3 is 0 Å². The van der Waals surface area contributed by atoms with Gasteiger partial charge in [0.25, 0.3) is 0 Å². The Morgan fingerprint density at radius 1 is 1.39 bits per heavy atom. The van der Waals surface area contributed by atoms with Crippen molar-refractivity contribution in [3.05, 3.63) is 35.4 Å². The Hall–Kier alpha value is -1.35. The van der Waals surface area contributed by atoms with Crippen LogP contribution in [-0.4, -0.2) is 25.0 Å². The summed E-state index contributed by atoms with van der Waals surface area (Å²) in [7, 11) is 0. The van der Waals surface area contributed by atoms with Crippen LogP contribution in [0.15, 0.2) is 24.3 Å². The smallest absolute Gasteiger partial charge is 0.227 e. The number of rotatable bonds is 4. The van der Waals surface area contributed by atoms with E-state index in [1.54, 1.807) is 0 Å². The molecule has 2 atom stereocenters. The largest absolute Gasteiger partial charge is 0.356 e. The number of benzene rings is 1. The van der Waals surface area contributed by atoms with Crippen molar-refractivity contribution in [2.24, 2.45) is 0 Å². The first-order valence-electron chi connectivity index (χ1n) is 6.93. The van der Waals surface area contributed by atoms with Gasteiger partial charge in [-0.25, -0.2) is 0 Å². The Kier molecular flexibility index (Phi) is 3.33. The lowest BCUT2D eigenvalue weighted by molar-refractivity contribution is -0.123. The van der Waals surface area contributed by atoms with Crippen LogP contribution in [0, 0.1) is 0 Å². The highest BCUT2D eigenvalue weighted by atomic mass is 16.1. The molecule has 2 N–H and O–H groups in total. The molecule has 1 heterocycles. The number of nitrogens with one attached hydrogen (secondary N) is 2. The first kappa shape index (κ1) is 11.7. The molecule has 1 saturated heterocycles. The van der Waals surface area contributed by atoms with Gasteiger partial charge in [0.15, 0.2) is 0 Å². The summed E-state index contributed by atoms with van der Waals surface area (Å²) in [5, 5.41) is 6.53. The molecule has 1 aliphatic heterocycles. The SMILES string of the molecule is O=C(NCC[C@@H]1CCCN1)C1Cc2ccccc21. The average molecular weight is 244 g/mol. The number of hydrogen-bond acceptors (Lipinski definition) is 2. The normalized spacial score (nSPS) is 25.3. The van der Waals surface area contributed by atoms with Crippen molar-refractivity contribution in [2.45, 2.75) is 37.6 Å². The Balaban J connectivity index is 1.45. The summed E-state index contributed by atoms with van der Waals surface area (Å²) in [4.78, 5) is 12.0. The van der Waals surface area contributed by atoms with Crippen molar-refractivity contribution >= 4 is 5.91 Å². The van der Waals surface area contributed by atoms with E-state index >= 15 is 0 Å². The van der Waals surface area contributed by atoms with Crippen molar-refractivity contribution in [3.8, 4) is 0 Å². The highest BCUT2D eigenvalue weighted by Gasteiger charge is 2.31. The van der Waals surface area contributed by atoms with Crippen LogP contribution < -0.4 is 10.6 Å². The van der Waals surface area contributed by atoms with Gasteiger partial charge in [0, 0.05) is 12.6 Å². The molecule has 0 radical (unpaired) electrons. The molecule has 1 unspecified atom stereocenters. The minimum absolute atomic E-state index is 0.0951. The molecule has 1 aromatic carbocycles. The minimum atomic E-state index is 0.0951. The fourth-order valence-electron chi connectivity index (χ4n) is 2.99. The van der Waals surface area contributed by atoms with E-state index in [9.17, 15) is 4.79 Å². The van der Waals surface area contributed by atoms with Crippen molar-refractivity contribution in [2.75, 3.05) is 13.1 Å². The van der Waals surface area contributed by atoms with Crippen LogP contribution in [0.1, 0.15) is 36.3 Å². The van der Waals surface area contributed by atoms with Crippen LogP contribution in [0.2, 0.25) is 0 Å². The van der Waals surface area contributed by atoms with Crippen LogP contribution in [-0.2, 0) is 11.2 Å². The fraction of sp³-hybridized carbons (Fsp3) is 0.533. The van der Waals surface area contributed by atoms with E-state index in [4.69, 9.17) is 0 Å². The minimum Gasteiger partial charge on any atom is -0.356 e. The van der Waals surface area contributed by atoms with Gasteiger partial charge in [-0.2, -0.15) is 0 Å². The predicted octanol–water partition coefficient (Wildman–Crippen LogP) is 1.58. The molecule has 0 bridgehead atoms. The van der Waals surface area contributed by atoms with E-state index in [-0.39, 0.29) is 11.8 Å². The summed E-state index contributed by atoms with van der Waals surface area (Å²) in [6.07, 6.45) is 4.49. The summed E-state index contributed by atoms with van der Waals surface area (Å²) < 4.78 is 0. The van der Waals surface area contributed by atoms with E-state index < -0.39 is 0 Å². The third kappa shape index (κ3) is 2.27. The van der Waals surface area contributed by atoms with E-state index in [1.807, 2.05) is 12.1 Å². The molecular weight excluding hydrogens is 224 g/mol. The standard InChI is InChI=1S/C15H20N2O/c18-15(17-9-7-12-5-3-8-16-12)14-10-11-4-1-2-6-13(11)14/h1-2,4,6,12,14,16H,3,5,7-10H2,(H,17,18)/t12-,14?/m0/s1. The van der Waals surface area contributed by atoms with Crippen molar-refractivity contribution < 1.29 is 4.79 Å². The van der Waals surface area contributed by atoms with Gasteiger partial charge in [0.05, 0.1) is 5.92 Å². The molecule has 2 aliphatic rings. The fourth-order valence-corrected chi connectivity index (χ4v) is 2.99. The summed E-state index contributed by atoms with van der Waals surface area (Å²) in [6.45, 7) is 1.93. The lowest BCUT2D eigenvalue weighted by atomic mass is 9.77. The zero-order valence-electron chi connectivity index (χ0n) is 10.6. The number of carbonyl (C=O) groups excluding carboxylic acids is 1. The quantitative estimate of drug-likeness (QED) is 0.844. The molecule has 1 aromatic rings. The Morgan fingerprint density at radius 3 is 3.06 bits per heavy atom. The van der Waals surface area contributed by atoms with Gasteiger partial charge in [-0.15, -0.1) is 0 Å². The van der Waals surface area contributed by atoms with E-state index in [0.29, 0.717) is 6.04 Å². The molecule has 0 aromatic heterocycles. The van der Waals surface area contributed by atoms with E-state index in [1.165, 1.54) is 24.0 Å². The topological polar surface area (TPSA) is 41.1 Å². The van der Waals surface area contributed by atoms with Gasteiger partial charge in [-0.3, -0.25) is 4.79 Å². The number of amides is 1. The lowest BCUT2D eigenvalue weighted by Crippen LogP contribution is -2.37. The molecule has 0 saturated carbocycles. The second kappa shape index (κ2) is 5.11. The zero-order valence-corrected chi connectivity index (χ0v) is 10.6. The molecule has 1 fully saturated rings. The van der Waals surface area contributed by atoms with Crippen LogP contribution >= 0.6 is 0 Å². The summed E-state index contributed by atoms with van der Waals surface area (Å²) in [5.41, 5.74) is 2.55. The highest BCUT2D eigenvalue weighted by molar-refractivity contribution is 5.86. The van der Waals surface area contributed by atoms with Crippen molar-refractivity contribution in [3.63, 3.8) is 0 Å². The highest BCUT2D eigenvalue weighted by Crippen LogP contribution is 2.34. The second-order valence-electron chi connectivity index (χ2n) is 5.33. The summed E-state index contributed by atoms with van der Waals surface area (Å²) in [5.74, 6) is 0.296. The van der Waals surface area contributed by atoms with Gasteiger partial charge in [0.2, 0.25) is 5.91 Å². The maximum absolute atomic E-state index is 12.0. The molecule has 3 rings (SSSR count). The molecule has 3 heteroatoms. The summed E-state index contributed by atoms with van der Waals surface area (Å²) in [6, 6.07) is 8.85. The molecular formula is C15H20N2O. The molecule has 1 aliphatic carbocycles. The first-order chi connectivity index (χ1) is 8.84.